The number of rotatable bonds is 2. The molecule has 1 atom stereocenters. The van der Waals surface area contributed by atoms with Crippen LogP contribution in [0, 0.1) is 5.41 Å². The molecule has 138 valence electrons. The highest BCUT2D eigenvalue weighted by Gasteiger charge is 2.44. The molecule has 2 aliphatic rings. The van der Waals surface area contributed by atoms with Gasteiger partial charge < -0.3 is 0 Å². The number of halogens is 1. The second-order valence-corrected chi connectivity index (χ2v) is 8.97. The van der Waals surface area contributed by atoms with Gasteiger partial charge in [0.2, 0.25) is 5.91 Å². The lowest BCUT2D eigenvalue weighted by Crippen LogP contribution is -2.43. The summed E-state index contributed by atoms with van der Waals surface area (Å²) >= 11 is 3.51. The number of anilines is 1. The first kappa shape index (κ1) is 18.1. The monoisotopic (exact) mass is 424 g/mol. The molecule has 1 aliphatic carbocycles. The molecule has 0 saturated heterocycles. The Labute approximate surface area is 167 Å². The maximum atomic E-state index is 13.2. The molecule has 2 heterocycles. The maximum absolute atomic E-state index is 13.2. The van der Waals surface area contributed by atoms with Crippen LogP contribution in [0.3, 0.4) is 0 Å². The number of benzene rings is 1. The molecule has 0 fully saturated rings. The minimum Gasteiger partial charge on any atom is -0.294 e. The Balaban J connectivity index is 1.90. The molecular weight excluding hydrogens is 404 g/mol. The molecule has 0 radical (unpaired) electrons. The Kier molecular flexibility index (Phi) is 4.50. The molecule has 27 heavy (non-hydrogen) atoms. The van der Waals surface area contributed by atoms with Crippen LogP contribution < -0.4 is 4.90 Å². The van der Waals surface area contributed by atoms with Crippen molar-refractivity contribution in [3.63, 3.8) is 0 Å². The van der Waals surface area contributed by atoms with E-state index in [2.05, 4.69) is 34.8 Å². The van der Waals surface area contributed by atoms with Gasteiger partial charge in [-0.1, -0.05) is 41.9 Å². The summed E-state index contributed by atoms with van der Waals surface area (Å²) in [6.07, 6.45) is 4.86. The van der Waals surface area contributed by atoms with Gasteiger partial charge in [0.05, 0.1) is 11.9 Å². The first-order chi connectivity index (χ1) is 12.9. The van der Waals surface area contributed by atoms with E-state index in [4.69, 9.17) is 0 Å². The average Bonchev–Trinajstić information content (AvgIpc) is 2.60. The summed E-state index contributed by atoms with van der Waals surface area (Å²) in [7, 11) is 0. The average molecular weight is 425 g/mol. The fraction of sp³-hybridized carbons (Fsp3) is 0.318. The number of nitrogens with zero attached hydrogens (tertiary/aromatic N) is 2. The molecule has 0 bridgehead atoms. The number of allylic oxidation sites excluding steroid dienone is 2. The summed E-state index contributed by atoms with van der Waals surface area (Å²) < 4.78 is 0.952. The van der Waals surface area contributed by atoms with E-state index in [-0.39, 0.29) is 29.4 Å². The molecule has 0 saturated carbocycles. The van der Waals surface area contributed by atoms with Crippen LogP contribution in [0.25, 0.3) is 0 Å². The van der Waals surface area contributed by atoms with Gasteiger partial charge in [0.1, 0.15) is 0 Å². The first-order valence-corrected chi connectivity index (χ1v) is 9.90. The Hall–Kier alpha value is -2.27. The van der Waals surface area contributed by atoms with Crippen LogP contribution in [0.2, 0.25) is 0 Å². The minimum atomic E-state index is -0.193. The number of hydrogen-bond acceptors (Lipinski definition) is 3. The highest BCUT2D eigenvalue weighted by atomic mass is 79.9. The number of aromatic nitrogens is 1. The van der Waals surface area contributed by atoms with Crippen molar-refractivity contribution in [3.05, 3.63) is 70.1 Å². The predicted octanol–water partition coefficient (Wildman–Crippen LogP) is 5.01. The summed E-state index contributed by atoms with van der Waals surface area (Å²) in [6.45, 7) is 4.17. The van der Waals surface area contributed by atoms with Crippen molar-refractivity contribution in [2.45, 2.75) is 39.0 Å². The van der Waals surface area contributed by atoms with E-state index in [1.165, 1.54) is 0 Å². The maximum Gasteiger partial charge on any atom is 0.232 e. The predicted molar refractivity (Wildman–Crippen MR) is 108 cm³/mol. The summed E-state index contributed by atoms with van der Waals surface area (Å²) in [5.74, 6) is -0.0358. The van der Waals surface area contributed by atoms with Crippen molar-refractivity contribution in [2.24, 2.45) is 5.41 Å². The number of amides is 1. The van der Waals surface area contributed by atoms with Gasteiger partial charge in [0, 0.05) is 40.7 Å². The molecule has 1 unspecified atom stereocenters. The van der Waals surface area contributed by atoms with Crippen molar-refractivity contribution < 1.29 is 9.59 Å². The third-order valence-corrected chi connectivity index (χ3v) is 5.79. The topological polar surface area (TPSA) is 50.3 Å². The Bertz CT molecular complexity index is 950. The Morgan fingerprint density at radius 3 is 2.67 bits per heavy atom. The first-order valence-electron chi connectivity index (χ1n) is 9.10. The van der Waals surface area contributed by atoms with Crippen LogP contribution in [-0.2, 0) is 9.59 Å². The van der Waals surface area contributed by atoms with Gasteiger partial charge in [-0.25, -0.2) is 0 Å². The third kappa shape index (κ3) is 3.36. The number of carbonyl (C=O) groups is 2. The summed E-state index contributed by atoms with van der Waals surface area (Å²) in [5, 5.41) is 0. The number of hydrogen-bond donors (Lipinski definition) is 0. The number of Topliss-reactive ketones (excluding diaryl/α,β-unsaturated/α-hetero) is 1. The third-order valence-electron chi connectivity index (χ3n) is 5.30. The van der Waals surface area contributed by atoms with Gasteiger partial charge >= 0.3 is 0 Å². The van der Waals surface area contributed by atoms with Crippen molar-refractivity contribution in [1.82, 2.24) is 4.98 Å². The zero-order valence-electron chi connectivity index (χ0n) is 15.4. The van der Waals surface area contributed by atoms with Gasteiger partial charge in [0.25, 0.3) is 0 Å². The van der Waals surface area contributed by atoms with Crippen LogP contribution in [0.1, 0.15) is 44.6 Å². The van der Waals surface area contributed by atoms with E-state index in [1.54, 1.807) is 17.3 Å². The van der Waals surface area contributed by atoms with Gasteiger partial charge in [0.15, 0.2) is 5.78 Å². The summed E-state index contributed by atoms with van der Waals surface area (Å²) in [4.78, 5) is 32.2. The summed E-state index contributed by atoms with van der Waals surface area (Å²) in [6, 6.07) is 11.6. The van der Waals surface area contributed by atoms with Crippen LogP contribution in [0.4, 0.5) is 5.69 Å². The zero-order valence-corrected chi connectivity index (χ0v) is 17.0. The molecule has 4 nitrogen and oxygen atoms in total. The van der Waals surface area contributed by atoms with Gasteiger partial charge in [-0.05, 0) is 41.7 Å². The Morgan fingerprint density at radius 2 is 1.96 bits per heavy atom. The molecule has 0 N–H and O–H groups in total. The van der Waals surface area contributed by atoms with Crippen LogP contribution >= 0.6 is 15.9 Å². The minimum absolute atomic E-state index is 0.0113. The highest BCUT2D eigenvalue weighted by molar-refractivity contribution is 9.10. The molecule has 0 spiro atoms. The quantitative estimate of drug-likeness (QED) is 0.680. The van der Waals surface area contributed by atoms with Crippen molar-refractivity contribution >= 4 is 33.3 Å². The number of carbonyl (C=O) groups excluding carboxylic acids is 2. The molecular formula is C22H21BrN2O2. The lowest BCUT2D eigenvalue weighted by Gasteiger charge is -2.42. The van der Waals surface area contributed by atoms with Gasteiger partial charge in [-0.15, -0.1) is 0 Å². The van der Waals surface area contributed by atoms with Crippen LogP contribution in [0.15, 0.2) is 64.5 Å². The zero-order chi connectivity index (χ0) is 19.2. The molecule has 1 aliphatic heterocycles. The van der Waals surface area contributed by atoms with E-state index in [0.717, 1.165) is 27.0 Å². The normalized spacial score (nSPS) is 22.0. The Morgan fingerprint density at radius 1 is 1.15 bits per heavy atom. The SMILES string of the molecule is CC1(C)CC(=O)C2=C(C1)N(c1cccnc1)C(=O)CC2c1cccc(Br)c1. The highest BCUT2D eigenvalue weighted by Crippen LogP contribution is 2.48. The molecule has 1 amide bonds. The van der Waals surface area contributed by atoms with E-state index in [1.807, 2.05) is 36.4 Å². The lowest BCUT2D eigenvalue weighted by atomic mass is 9.69. The lowest BCUT2D eigenvalue weighted by molar-refractivity contribution is -0.121. The fourth-order valence-corrected chi connectivity index (χ4v) is 4.63. The van der Waals surface area contributed by atoms with Crippen LogP contribution in [-0.4, -0.2) is 16.7 Å². The van der Waals surface area contributed by atoms with E-state index >= 15 is 0 Å². The van der Waals surface area contributed by atoms with Crippen molar-refractivity contribution in [3.8, 4) is 0 Å². The van der Waals surface area contributed by atoms with E-state index < -0.39 is 0 Å². The largest absolute Gasteiger partial charge is 0.294 e. The molecule has 1 aromatic heterocycles. The van der Waals surface area contributed by atoms with Gasteiger partial charge in [-0.2, -0.15) is 0 Å². The number of pyridine rings is 1. The van der Waals surface area contributed by atoms with E-state index in [9.17, 15) is 9.59 Å². The summed E-state index contributed by atoms with van der Waals surface area (Å²) in [5.41, 5.74) is 3.19. The van der Waals surface area contributed by atoms with Crippen molar-refractivity contribution in [2.75, 3.05) is 4.90 Å². The second-order valence-electron chi connectivity index (χ2n) is 8.05. The standard InChI is InChI=1S/C22H21BrN2O2/c1-22(2)11-18-21(19(26)12-22)17(14-5-3-6-15(23)9-14)10-20(27)25(18)16-7-4-8-24-13-16/h3-9,13,17H,10-12H2,1-2H3. The number of ketones is 1. The van der Waals surface area contributed by atoms with E-state index in [0.29, 0.717) is 12.8 Å². The van der Waals surface area contributed by atoms with Gasteiger partial charge in [-0.3, -0.25) is 19.5 Å². The fourth-order valence-electron chi connectivity index (χ4n) is 4.21. The molecule has 2 aromatic rings. The smallest absolute Gasteiger partial charge is 0.232 e. The van der Waals surface area contributed by atoms with Crippen LogP contribution in [0.5, 0.6) is 0 Å². The molecule has 1 aromatic carbocycles. The molecule has 5 heteroatoms. The molecule has 4 rings (SSSR count). The van der Waals surface area contributed by atoms with Crippen molar-refractivity contribution in [1.29, 1.82) is 0 Å². The second kappa shape index (κ2) is 6.71.